The van der Waals surface area contributed by atoms with E-state index in [9.17, 15) is 0 Å². The second kappa shape index (κ2) is 4.04. The first-order valence-electron chi connectivity index (χ1n) is 6.08. The topological polar surface area (TPSA) is 47.3 Å². The summed E-state index contributed by atoms with van der Waals surface area (Å²) in [5.74, 6) is 0. The van der Waals surface area contributed by atoms with Crippen molar-refractivity contribution in [2.24, 2.45) is 16.6 Å². The van der Waals surface area contributed by atoms with Crippen LogP contribution in [0, 0.1) is 10.8 Å². The van der Waals surface area contributed by atoms with Gasteiger partial charge in [-0.05, 0) is 18.3 Å². The van der Waals surface area contributed by atoms with E-state index in [1.165, 1.54) is 19.3 Å². The highest BCUT2D eigenvalue weighted by Gasteiger charge is 2.38. The maximum Gasteiger partial charge on any atom is 0.0624 e. The fourth-order valence-electron chi connectivity index (χ4n) is 2.52. The lowest BCUT2D eigenvalue weighted by molar-refractivity contribution is 0.134. The standard InChI is InChI=1S/C12H24N2O/c1-11(4-3-5-11)7-14-8-12(2)9-15-6-10(12)13/h10,14H,3-9,13H2,1-2H3. The monoisotopic (exact) mass is 212 g/mol. The van der Waals surface area contributed by atoms with Gasteiger partial charge < -0.3 is 15.8 Å². The summed E-state index contributed by atoms with van der Waals surface area (Å²) in [5, 5.41) is 3.58. The third-order valence-corrected chi connectivity index (χ3v) is 4.27. The van der Waals surface area contributed by atoms with E-state index in [2.05, 4.69) is 19.2 Å². The van der Waals surface area contributed by atoms with Crippen molar-refractivity contribution >= 4 is 0 Å². The van der Waals surface area contributed by atoms with Crippen molar-refractivity contribution in [3.63, 3.8) is 0 Å². The number of rotatable bonds is 4. The summed E-state index contributed by atoms with van der Waals surface area (Å²) in [6.45, 7) is 8.24. The molecule has 1 saturated carbocycles. The molecule has 0 radical (unpaired) electrons. The van der Waals surface area contributed by atoms with Crippen molar-refractivity contribution in [2.45, 2.75) is 39.2 Å². The SMILES string of the molecule is CC1(CNCC2(C)COCC2N)CCC1. The zero-order valence-corrected chi connectivity index (χ0v) is 10.0. The van der Waals surface area contributed by atoms with Crippen LogP contribution in [0.25, 0.3) is 0 Å². The molecule has 2 unspecified atom stereocenters. The largest absolute Gasteiger partial charge is 0.379 e. The van der Waals surface area contributed by atoms with Crippen molar-refractivity contribution in [1.29, 1.82) is 0 Å². The van der Waals surface area contributed by atoms with E-state index in [4.69, 9.17) is 10.5 Å². The lowest BCUT2D eigenvalue weighted by Gasteiger charge is -2.39. The molecule has 2 atom stereocenters. The molecule has 2 fully saturated rings. The molecular formula is C12H24N2O. The van der Waals surface area contributed by atoms with Crippen LogP contribution in [0.5, 0.6) is 0 Å². The molecule has 2 rings (SSSR count). The van der Waals surface area contributed by atoms with Crippen molar-refractivity contribution in [1.82, 2.24) is 5.32 Å². The summed E-state index contributed by atoms with van der Waals surface area (Å²) < 4.78 is 5.43. The average molecular weight is 212 g/mol. The number of ether oxygens (including phenoxy) is 1. The molecule has 1 aliphatic heterocycles. The van der Waals surface area contributed by atoms with Gasteiger partial charge >= 0.3 is 0 Å². The Bertz CT molecular complexity index is 228. The lowest BCUT2D eigenvalue weighted by atomic mass is 9.70. The number of nitrogens with one attached hydrogen (secondary N) is 1. The van der Waals surface area contributed by atoms with Gasteiger partial charge in [0.25, 0.3) is 0 Å². The summed E-state index contributed by atoms with van der Waals surface area (Å²) in [4.78, 5) is 0. The zero-order chi connectivity index (χ0) is 10.9. The van der Waals surface area contributed by atoms with Gasteiger partial charge in [0.1, 0.15) is 0 Å². The lowest BCUT2D eigenvalue weighted by Crippen LogP contribution is -2.48. The minimum absolute atomic E-state index is 0.139. The molecule has 3 heteroatoms. The molecule has 0 aromatic rings. The third kappa shape index (κ3) is 2.35. The van der Waals surface area contributed by atoms with Gasteiger partial charge in [-0.1, -0.05) is 20.3 Å². The molecule has 3 nitrogen and oxygen atoms in total. The van der Waals surface area contributed by atoms with Crippen molar-refractivity contribution < 1.29 is 4.74 Å². The van der Waals surface area contributed by atoms with Crippen LogP contribution in [-0.2, 0) is 4.74 Å². The molecule has 0 aromatic heterocycles. The molecule has 88 valence electrons. The Hall–Kier alpha value is -0.120. The Morgan fingerprint density at radius 3 is 2.53 bits per heavy atom. The van der Waals surface area contributed by atoms with Crippen molar-refractivity contribution in [2.75, 3.05) is 26.3 Å². The van der Waals surface area contributed by atoms with Gasteiger partial charge in [0.2, 0.25) is 0 Å². The molecule has 0 amide bonds. The van der Waals surface area contributed by atoms with E-state index in [0.29, 0.717) is 5.41 Å². The van der Waals surface area contributed by atoms with Crippen LogP contribution in [0.3, 0.4) is 0 Å². The number of hydrogen-bond acceptors (Lipinski definition) is 3. The highest BCUT2D eigenvalue weighted by molar-refractivity contribution is 4.93. The Morgan fingerprint density at radius 2 is 2.07 bits per heavy atom. The average Bonchev–Trinajstić information content (AvgIpc) is 2.45. The van der Waals surface area contributed by atoms with Gasteiger partial charge in [0.15, 0.2) is 0 Å². The van der Waals surface area contributed by atoms with Crippen LogP contribution in [0.15, 0.2) is 0 Å². The Balaban J connectivity index is 1.73. The number of hydrogen-bond donors (Lipinski definition) is 2. The van der Waals surface area contributed by atoms with Crippen molar-refractivity contribution in [3.8, 4) is 0 Å². The Morgan fingerprint density at radius 1 is 1.33 bits per heavy atom. The molecule has 3 N–H and O–H groups in total. The smallest absolute Gasteiger partial charge is 0.0624 e. The summed E-state index contributed by atoms with van der Waals surface area (Å²) in [6.07, 6.45) is 4.15. The minimum Gasteiger partial charge on any atom is -0.379 e. The molecule has 2 aliphatic rings. The summed E-state index contributed by atoms with van der Waals surface area (Å²) in [5.41, 5.74) is 6.74. The molecule has 0 spiro atoms. The molecule has 1 aliphatic carbocycles. The van der Waals surface area contributed by atoms with Crippen LogP contribution < -0.4 is 11.1 Å². The van der Waals surface area contributed by atoms with Gasteiger partial charge in [-0.2, -0.15) is 0 Å². The molecule has 15 heavy (non-hydrogen) atoms. The first-order chi connectivity index (χ1) is 7.04. The van der Waals surface area contributed by atoms with Crippen LogP contribution in [0.4, 0.5) is 0 Å². The quantitative estimate of drug-likeness (QED) is 0.734. The van der Waals surface area contributed by atoms with Gasteiger partial charge in [-0.3, -0.25) is 0 Å². The maximum atomic E-state index is 6.04. The maximum absolute atomic E-state index is 6.04. The Labute approximate surface area is 92.7 Å². The van der Waals surface area contributed by atoms with E-state index in [0.717, 1.165) is 26.3 Å². The van der Waals surface area contributed by atoms with E-state index >= 15 is 0 Å². The summed E-state index contributed by atoms with van der Waals surface area (Å²) in [7, 11) is 0. The minimum atomic E-state index is 0.139. The normalized spacial score (nSPS) is 39.0. The van der Waals surface area contributed by atoms with Gasteiger partial charge in [0, 0.05) is 24.5 Å². The predicted molar refractivity (Wildman–Crippen MR) is 61.7 cm³/mol. The molecule has 0 aromatic carbocycles. The molecule has 1 heterocycles. The van der Waals surface area contributed by atoms with E-state index < -0.39 is 0 Å². The van der Waals surface area contributed by atoms with E-state index in [1.54, 1.807) is 0 Å². The second-order valence-corrected chi connectivity index (χ2v) is 6.04. The first kappa shape index (κ1) is 11.4. The summed E-state index contributed by atoms with van der Waals surface area (Å²) in [6, 6.07) is 0.194. The van der Waals surface area contributed by atoms with Crippen LogP contribution in [-0.4, -0.2) is 32.3 Å². The second-order valence-electron chi connectivity index (χ2n) is 6.04. The summed E-state index contributed by atoms with van der Waals surface area (Å²) >= 11 is 0. The van der Waals surface area contributed by atoms with Gasteiger partial charge in [-0.25, -0.2) is 0 Å². The molecule has 0 bridgehead atoms. The van der Waals surface area contributed by atoms with Crippen LogP contribution in [0.2, 0.25) is 0 Å². The fourth-order valence-corrected chi connectivity index (χ4v) is 2.52. The third-order valence-electron chi connectivity index (χ3n) is 4.27. The van der Waals surface area contributed by atoms with Gasteiger partial charge in [0.05, 0.1) is 13.2 Å². The highest BCUT2D eigenvalue weighted by Crippen LogP contribution is 2.39. The molecule has 1 saturated heterocycles. The van der Waals surface area contributed by atoms with Gasteiger partial charge in [-0.15, -0.1) is 0 Å². The Kier molecular flexibility index (Phi) is 3.06. The van der Waals surface area contributed by atoms with Crippen LogP contribution in [0.1, 0.15) is 33.1 Å². The number of nitrogens with two attached hydrogens (primary N) is 1. The fraction of sp³-hybridized carbons (Fsp3) is 1.00. The highest BCUT2D eigenvalue weighted by atomic mass is 16.5. The van der Waals surface area contributed by atoms with E-state index in [-0.39, 0.29) is 11.5 Å². The van der Waals surface area contributed by atoms with Crippen LogP contribution >= 0.6 is 0 Å². The zero-order valence-electron chi connectivity index (χ0n) is 10.0. The van der Waals surface area contributed by atoms with Crippen molar-refractivity contribution in [3.05, 3.63) is 0 Å². The molecular weight excluding hydrogens is 188 g/mol. The van der Waals surface area contributed by atoms with E-state index in [1.807, 2.05) is 0 Å². The first-order valence-corrected chi connectivity index (χ1v) is 6.08. The predicted octanol–water partition coefficient (Wildman–Crippen LogP) is 1.13.